The Morgan fingerprint density at radius 3 is 0.953 bits per heavy atom. The first-order valence-corrected chi connectivity index (χ1v) is 21.7. The summed E-state index contributed by atoms with van der Waals surface area (Å²) in [5.41, 5.74) is 16.7. The van der Waals surface area contributed by atoms with Crippen molar-refractivity contribution in [1.82, 2.24) is 0 Å². The summed E-state index contributed by atoms with van der Waals surface area (Å²) in [5.74, 6) is 0. The van der Waals surface area contributed by atoms with Gasteiger partial charge in [0.25, 0.3) is 0 Å². The fourth-order valence-corrected chi connectivity index (χ4v) is 8.27. The van der Waals surface area contributed by atoms with Crippen molar-refractivity contribution >= 4 is 56.9 Å². The minimum atomic E-state index is 1.07. The summed E-state index contributed by atoms with van der Waals surface area (Å²) < 4.78 is 0. The van der Waals surface area contributed by atoms with E-state index < -0.39 is 0 Å². The average Bonchev–Trinajstić information content (AvgIpc) is 3.37. The number of para-hydroxylation sites is 3. The summed E-state index contributed by atoms with van der Waals surface area (Å²) in [5, 5.41) is 0. The maximum atomic E-state index is 3.95. The Bertz CT molecular complexity index is 2910. The van der Waals surface area contributed by atoms with Crippen LogP contribution in [0.5, 0.6) is 0 Å². The molecule has 9 rings (SSSR count). The fraction of sp³-hybridized carbons (Fsp3) is 0.0333. The highest BCUT2D eigenvalue weighted by Gasteiger charge is 2.17. The smallest absolute Gasteiger partial charge is 0.0463 e. The summed E-state index contributed by atoms with van der Waals surface area (Å²) in [4.78, 5) is 9.09. The van der Waals surface area contributed by atoms with Gasteiger partial charge in [0.2, 0.25) is 0 Å². The topological polar surface area (TPSA) is 13.0 Å². The van der Waals surface area contributed by atoms with Crippen molar-refractivity contribution in [1.29, 1.82) is 0 Å². The molecular formula is C60H50N4. The van der Waals surface area contributed by atoms with E-state index in [2.05, 4.69) is 271 Å². The third-order valence-corrected chi connectivity index (χ3v) is 11.6. The van der Waals surface area contributed by atoms with Crippen LogP contribution in [-0.4, -0.2) is 7.05 Å². The van der Waals surface area contributed by atoms with Crippen molar-refractivity contribution in [3.8, 4) is 22.3 Å². The van der Waals surface area contributed by atoms with Crippen LogP contribution < -0.4 is 19.6 Å². The Morgan fingerprint density at radius 2 is 0.562 bits per heavy atom. The number of rotatable bonds is 14. The van der Waals surface area contributed by atoms with Crippen molar-refractivity contribution in [3.05, 3.63) is 267 Å². The summed E-state index contributed by atoms with van der Waals surface area (Å²) in [7, 11) is 2.11. The highest BCUT2D eigenvalue weighted by Crippen LogP contribution is 2.40. The van der Waals surface area contributed by atoms with Crippen LogP contribution in [0.1, 0.15) is 6.92 Å². The molecule has 0 atom stereocenters. The molecule has 0 radical (unpaired) electrons. The molecule has 4 nitrogen and oxygen atoms in total. The molecule has 0 saturated heterocycles. The van der Waals surface area contributed by atoms with Crippen LogP contribution >= 0.6 is 0 Å². The second-order valence-corrected chi connectivity index (χ2v) is 15.7. The molecule has 0 aliphatic heterocycles. The van der Waals surface area contributed by atoms with Gasteiger partial charge in [-0.15, -0.1) is 0 Å². The van der Waals surface area contributed by atoms with Gasteiger partial charge in [-0.05, 0) is 157 Å². The standard InChI is InChI=1S/C60H50N4/c1-4-17-46(2)62(53-22-13-7-14-23-53)55-42-44-60(45-43-55)63(54-24-15-8-16-25-54)56-34-28-49(29-35-56)50-30-36-58(37-31-50)64(57-32-26-48(27-33-57)47-18-9-5-10-19-47)59-40-38-52(39-41-59)61(3)51-20-11-6-12-21-51/h4-45H,1H2,2-3H3/b46-17+. The van der Waals surface area contributed by atoms with Crippen LogP contribution in [-0.2, 0) is 0 Å². The van der Waals surface area contributed by atoms with E-state index in [0.29, 0.717) is 0 Å². The van der Waals surface area contributed by atoms with Gasteiger partial charge in [0.15, 0.2) is 0 Å². The van der Waals surface area contributed by atoms with Crippen molar-refractivity contribution in [2.45, 2.75) is 6.92 Å². The van der Waals surface area contributed by atoms with E-state index in [1.54, 1.807) is 0 Å². The third kappa shape index (κ3) is 8.99. The van der Waals surface area contributed by atoms with Crippen LogP contribution in [0.15, 0.2) is 267 Å². The van der Waals surface area contributed by atoms with E-state index in [4.69, 9.17) is 0 Å². The first kappa shape index (κ1) is 41.0. The van der Waals surface area contributed by atoms with E-state index in [0.717, 1.165) is 73.7 Å². The molecule has 9 aromatic rings. The second-order valence-electron chi connectivity index (χ2n) is 15.7. The van der Waals surface area contributed by atoms with Gasteiger partial charge in [-0.25, -0.2) is 0 Å². The number of anilines is 10. The number of hydrogen-bond acceptors (Lipinski definition) is 4. The lowest BCUT2D eigenvalue weighted by Gasteiger charge is -2.28. The SMILES string of the molecule is C=C/C=C(\C)N(c1ccccc1)c1ccc(N(c2ccccc2)c2ccc(-c3ccc(N(c4ccc(-c5ccccc5)cc4)c4ccc(N(C)c5ccccc5)cc4)cc3)cc2)cc1. The zero-order valence-corrected chi connectivity index (χ0v) is 36.2. The van der Waals surface area contributed by atoms with E-state index in [-0.39, 0.29) is 0 Å². The lowest BCUT2D eigenvalue weighted by Crippen LogP contribution is -2.15. The molecule has 0 bridgehead atoms. The molecule has 9 aromatic carbocycles. The van der Waals surface area contributed by atoms with Gasteiger partial charge >= 0.3 is 0 Å². The summed E-state index contributed by atoms with van der Waals surface area (Å²) >= 11 is 0. The summed E-state index contributed by atoms with van der Waals surface area (Å²) in [6.45, 7) is 6.06. The minimum Gasteiger partial charge on any atom is -0.345 e. The Labute approximate surface area is 378 Å². The van der Waals surface area contributed by atoms with E-state index >= 15 is 0 Å². The number of benzene rings is 9. The molecule has 310 valence electrons. The zero-order valence-electron chi connectivity index (χ0n) is 36.2. The van der Waals surface area contributed by atoms with E-state index in [1.807, 2.05) is 24.3 Å². The summed E-state index contributed by atoms with van der Waals surface area (Å²) in [6, 6.07) is 86.2. The quantitative estimate of drug-likeness (QED) is 0.101. The molecule has 64 heavy (non-hydrogen) atoms. The Hall–Kier alpha value is -8.34. The van der Waals surface area contributed by atoms with Gasteiger partial charge in [0.05, 0.1) is 0 Å². The highest BCUT2D eigenvalue weighted by molar-refractivity contribution is 5.83. The van der Waals surface area contributed by atoms with E-state index in [9.17, 15) is 0 Å². The molecule has 0 aliphatic carbocycles. The molecule has 4 heteroatoms. The third-order valence-electron chi connectivity index (χ3n) is 11.6. The predicted octanol–water partition coefficient (Wildman–Crippen LogP) is 17.0. The average molecular weight is 827 g/mol. The number of nitrogens with zero attached hydrogens (tertiary/aromatic N) is 4. The first-order chi connectivity index (χ1) is 31.5. The van der Waals surface area contributed by atoms with Gasteiger partial charge in [0.1, 0.15) is 0 Å². The lowest BCUT2D eigenvalue weighted by atomic mass is 10.0. The van der Waals surface area contributed by atoms with Crippen LogP contribution in [0.3, 0.4) is 0 Å². The maximum Gasteiger partial charge on any atom is 0.0463 e. The minimum absolute atomic E-state index is 1.07. The molecule has 0 aromatic heterocycles. The number of hydrogen-bond donors (Lipinski definition) is 0. The largest absolute Gasteiger partial charge is 0.345 e. The van der Waals surface area contributed by atoms with Crippen molar-refractivity contribution in [2.75, 3.05) is 26.6 Å². The van der Waals surface area contributed by atoms with Crippen molar-refractivity contribution < 1.29 is 0 Å². The fourth-order valence-electron chi connectivity index (χ4n) is 8.27. The Morgan fingerprint density at radius 1 is 0.312 bits per heavy atom. The van der Waals surface area contributed by atoms with Gasteiger partial charge in [0, 0.05) is 69.6 Å². The monoisotopic (exact) mass is 826 g/mol. The zero-order chi connectivity index (χ0) is 43.7. The Balaban J connectivity index is 1.01. The lowest BCUT2D eigenvalue weighted by molar-refractivity contribution is 1.15. The van der Waals surface area contributed by atoms with Crippen LogP contribution in [0.2, 0.25) is 0 Å². The van der Waals surface area contributed by atoms with Crippen LogP contribution in [0, 0.1) is 0 Å². The molecule has 0 saturated carbocycles. The highest BCUT2D eigenvalue weighted by atomic mass is 15.2. The summed E-state index contributed by atoms with van der Waals surface area (Å²) in [6.07, 6.45) is 3.87. The van der Waals surface area contributed by atoms with Gasteiger partial charge in [-0.3, -0.25) is 0 Å². The van der Waals surface area contributed by atoms with Gasteiger partial charge < -0.3 is 19.6 Å². The Kier molecular flexibility index (Phi) is 12.3. The molecule has 0 N–H and O–H groups in total. The number of allylic oxidation sites excluding steroid dienone is 3. The first-order valence-electron chi connectivity index (χ1n) is 21.7. The van der Waals surface area contributed by atoms with Crippen molar-refractivity contribution in [2.24, 2.45) is 0 Å². The molecule has 0 spiro atoms. The van der Waals surface area contributed by atoms with Gasteiger partial charge in [-0.2, -0.15) is 0 Å². The second kappa shape index (κ2) is 19.1. The molecule has 0 fully saturated rings. The molecule has 0 amide bonds. The molecular weight excluding hydrogens is 777 g/mol. The molecule has 0 heterocycles. The van der Waals surface area contributed by atoms with Gasteiger partial charge in [-0.1, -0.05) is 134 Å². The van der Waals surface area contributed by atoms with Crippen LogP contribution in [0.25, 0.3) is 22.3 Å². The van der Waals surface area contributed by atoms with Crippen LogP contribution in [0.4, 0.5) is 56.9 Å². The predicted molar refractivity (Wildman–Crippen MR) is 274 cm³/mol. The normalized spacial score (nSPS) is 11.1. The molecule has 0 aliphatic rings. The molecule has 0 unspecified atom stereocenters. The maximum absolute atomic E-state index is 3.95. The van der Waals surface area contributed by atoms with E-state index in [1.165, 1.54) is 11.1 Å². The van der Waals surface area contributed by atoms with Crippen molar-refractivity contribution in [3.63, 3.8) is 0 Å².